The first-order valence-corrected chi connectivity index (χ1v) is 14.5. The number of halogens is 1. The third-order valence-corrected chi connectivity index (χ3v) is 8.60. The van der Waals surface area contributed by atoms with E-state index in [-0.39, 0.29) is 22.5 Å². The van der Waals surface area contributed by atoms with E-state index < -0.39 is 5.91 Å². The second kappa shape index (κ2) is 11.2. The van der Waals surface area contributed by atoms with Crippen molar-refractivity contribution in [2.75, 3.05) is 5.32 Å². The van der Waals surface area contributed by atoms with E-state index in [0.717, 1.165) is 17.7 Å². The third kappa shape index (κ3) is 6.25. The smallest absolute Gasteiger partial charge is 0.291 e. The molecule has 1 aromatic heterocycles. The van der Waals surface area contributed by atoms with Gasteiger partial charge < -0.3 is 15.1 Å². The maximum Gasteiger partial charge on any atom is 0.291 e. The van der Waals surface area contributed by atoms with E-state index in [0.29, 0.717) is 29.2 Å². The number of furan rings is 1. The van der Waals surface area contributed by atoms with Crippen LogP contribution in [0.5, 0.6) is 0 Å². The van der Waals surface area contributed by atoms with Gasteiger partial charge in [-0.05, 0) is 94.8 Å². The van der Waals surface area contributed by atoms with E-state index in [4.69, 9.17) is 16.0 Å². The highest BCUT2D eigenvalue weighted by atomic mass is 35.5. The number of rotatable bonds is 7. The standard InChI is InChI=1S/C35H37ClN2O3/c1-22-18-28-29(35(4,5)17-16-34(28,2)3)20-24(22)19-26-14-15-31(41-26)33(40)38-30-9-7-6-8-27(30)32(39)37-21-23-10-12-25(36)13-11-23/h6-15,18,20H,16-17,19,21H2,1-5H3,(H,37,39)(H,38,40). The number of para-hydroxylation sites is 1. The molecule has 0 saturated carbocycles. The molecule has 1 heterocycles. The largest absolute Gasteiger partial charge is 0.456 e. The van der Waals surface area contributed by atoms with Crippen molar-refractivity contribution in [3.8, 4) is 0 Å². The molecule has 0 unspecified atom stereocenters. The maximum atomic E-state index is 13.1. The fourth-order valence-corrected chi connectivity index (χ4v) is 5.72. The Balaban J connectivity index is 1.29. The summed E-state index contributed by atoms with van der Waals surface area (Å²) < 4.78 is 6.01. The average molecular weight is 569 g/mol. The molecule has 4 aromatic rings. The molecule has 1 aliphatic carbocycles. The van der Waals surface area contributed by atoms with Gasteiger partial charge >= 0.3 is 0 Å². The lowest BCUT2D eigenvalue weighted by Crippen LogP contribution is -2.34. The number of hydrogen-bond donors (Lipinski definition) is 2. The average Bonchev–Trinajstić information content (AvgIpc) is 3.41. The van der Waals surface area contributed by atoms with Crippen LogP contribution in [-0.4, -0.2) is 11.8 Å². The fourth-order valence-electron chi connectivity index (χ4n) is 5.59. The molecule has 0 saturated heterocycles. The minimum atomic E-state index is -0.403. The van der Waals surface area contributed by atoms with E-state index in [2.05, 4.69) is 57.4 Å². The lowest BCUT2D eigenvalue weighted by Gasteiger charge is -2.42. The normalized spacial score (nSPS) is 15.2. The minimum absolute atomic E-state index is 0.121. The highest BCUT2D eigenvalue weighted by molar-refractivity contribution is 6.30. The van der Waals surface area contributed by atoms with Crippen LogP contribution < -0.4 is 10.6 Å². The number of anilines is 1. The Kier molecular flexibility index (Phi) is 7.85. The van der Waals surface area contributed by atoms with Crippen molar-refractivity contribution in [1.82, 2.24) is 5.32 Å². The summed E-state index contributed by atoms with van der Waals surface area (Å²) in [6.07, 6.45) is 2.93. The zero-order valence-electron chi connectivity index (χ0n) is 24.4. The van der Waals surface area contributed by atoms with Crippen molar-refractivity contribution in [1.29, 1.82) is 0 Å². The summed E-state index contributed by atoms with van der Waals surface area (Å²) in [5.74, 6) is 0.234. The van der Waals surface area contributed by atoms with Gasteiger partial charge in [-0.15, -0.1) is 0 Å². The Hall–Kier alpha value is -3.83. The van der Waals surface area contributed by atoms with Gasteiger partial charge in [-0.25, -0.2) is 0 Å². The van der Waals surface area contributed by atoms with Crippen LogP contribution in [0.3, 0.4) is 0 Å². The van der Waals surface area contributed by atoms with Crippen LogP contribution in [0.2, 0.25) is 5.02 Å². The summed E-state index contributed by atoms with van der Waals surface area (Å²) >= 11 is 5.95. The minimum Gasteiger partial charge on any atom is -0.456 e. The van der Waals surface area contributed by atoms with Gasteiger partial charge in [0.1, 0.15) is 5.76 Å². The van der Waals surface area contributed by atoms with Gasteiger partial charge in [0.2, 0.25) is 0 Å². The zero-order valence-corrected chi connectivity index (χ0v) is 25.1. The topological polar surface area (TPSA) is 71.3 Å². The molecule has 0 fully saturated rings. The van der Waals surface area contributed by atoms with Crippen molar-refractivity contribution in [2.24, 2.45) is 0 Å². The van der Waals surface area contributed by atoms with E-state index in [9.17, 15) is 9.59 Å². The van der Waals surface area contributed by atoms with Crippen molar-refractivity contribution in [2.45, 2.75) is 71.3 Å². The first-order chi connectivity index (χ1) is 19.4. The molecule has 212 valence electrons. The van der Waals surface area contributed by atoms with Crippen molar-refractivity contribution in [3.05, 3.63) is 123 Å². The van der Waals surface area contributed by atoms with Gasteiger partial charge in [0.15, 0.2) is 5.76 Å². The second-order valence-electron chi connectivity index (χ2n) is 12.3. The molecule has 0 aliphatic heterocycles. The zero-order chi connectivity index (χ0) is 29.4. The van der Waals surface area contributed by atoms with Gasteiger partial charge in [-0.1, -0.05) is 75.7 Å². The summed E-state index contributed by atoms with van der Waals surface area (Å²) in [5.41, 5.74) is 7.28. The lowest BCUT2D eigenvalue weighted by atomic mass is 9.62. The SMILES string of the molecule is Cc1cc2c(cc1Cc1ccc(C(=O)Nc3ccccc3C(=O)NCc3ccc(Cl)cc3)o1)C(C)(C)CCC2(C)C. The van der Waals surface area contributed by atoms with Crippen LogP contribution in [-0.2, 0) is 23.8 Å². The van der Waals surface area contributed by atoms with Crippen molar-refractivity contribution >= 4 is 29.1 Å². The predicted octanol–water partition coefficient (Wildman–Crippen LogP) is 8.36. The first-order valence-electron chi connectivity index (χ1n) is 14.1. The van der Waals surface area contributed by atoms with Gasteiger partial charge in [0.05, 0.1) is 11.3 Å². The Bertz CT molecular complexity index is 1600. The molecule has 1 aliphatic rings. The number of carbonyl (C=O) groups excluding carboxylic acids is 2. The van der Waals surface area contributed by atoms with Gasteiger partial charge in [-0.3, -0.25) is 9.59 Å². The molecular weight excluding hydrogens is 532 g/mol. The Labute approximate surface area is 247 Å². The summed E-state index contributed by atoms with van der Waals surface area (Å²) in [6, 6.07) is 22.4. The van der Waals surface area contributed by atoms with Crippen LogP contribution in [0, 0.1) is 6.92 Å². The molecule has 5 rings (SSSR count). The predicted molar refractivity (Wildman–Crippen MR) is 165 cm³/mol. The number of benzene rings is 3. The molecule has 0 spiro atoms. The second-order valence-corrected chi connectivity index (χ2v) is 12.8. The Morgan fingerprint density at radius 1 is 0.854 bits per heavy atom. The number of fused-ring (bicyclic) bond motifs is 1. The lowest BCUT2D eigenvalue weighted by molar-refractivity contribution is 0.0951. The summed E-state index contributed by atoms with van der Waals surface area (Å²) in [5, 5.41) is 6.39. The number of aryl methyl sites for hydroxylation is 1. The van der Waals surface area contributed by atoms with Gasteiger partial charge in [-0.2, -0.15) is 0 Å². The van der Waals surface area contributed by atoms with E-state index >= 15 is 0 Å². The molecule has 0 bridgehead atoms. The Morgan fingerprint density at radius 3 is 2.22 bits per heavy atom. The Morgan fingerprint density at radius 2 is 1.51 bits per heavy atom. The molecule has 0 atom stereocenters. The number of nitrogens with one attached hydrogen (secondary N) is 2. The molecule has 2 amide bonds. The number of hydrogen-bond acceptors (Lipinski definition) is 3. The van der Waals surface area contributed by atoms with E-state index in [1.807, 2.05) is 18.2 Å². The molecule has 3 aromatic carbocycles. The summed E-state index contributed by atoms with van der Waals surface area (Å²) in [7, 11) is 0. The number of carbonyl (C=O) groups is 2. The summed E-state index contributed by atoms with van der Waals surface area (Å²) in [6.45, 7) is 11.8. The van der Waals surface area contributed by atoms with Crippen LogP contribution >= 0.6 is 11.6 Å². The maximum absolute atomic E-state index is 13.1. The monoisotopic (exact) mass is 568 g/mol. The molecule has 6 heteroatoms. The highest BCUT2D eigenvalue weighted by Gasteiger charge is 2.37. The third-order valence-electron chi connectivity index (χ3n) is 8.35. The molecule has 2 N–H and O–H groups in total. The van der Waals surface area contributed by atoms with Crippen LogP contribution in [0.25, 0.3) is 0 Å². The number of amides is 2. The van der Waals surface area contributed by atoms with Crippen LogP contribution in [0.1, 0.15) is 95.0 Å². The van der Waals surface area contributed by atoms with Crippen LogP contribution in [0.15, 0.2) is 77.2 Å². The quantitative estimate of drug-likeness (QED) is 0.235. The van der Waals surface area contributed by atoms with Crippen molar-refractivity contribution in [3.63, 3.8) is 0 Å². The van der Waals surface area contributed by atoms with E-state index in [1.54, 1.807) is 42.5 Å². The van der Waals surface area contributed by atoms with Crippen molar-refractivity contribution < 1.29 is 14.0 Å². The molecule has 0 radical (unpaired) electrons. The molecular formula is C35H37ClN2O3. The van der Waals surface area contributed by atoms with Crippen LogP contribution in [0.4, 0.5) is 5.69 Å². The van der Waals surface area contributed by atoms with Gasteiger partial charge in [0.25, 0.3) is 11.8 Å². The summed E-state index contributed by atoms with van der Waals surface area (Å²) in [4.78, 5) is 26.1. The molecule has 5 nitrogen and oxygen atoms in total. The molecule has 41 heavy (non-hydrogen) atoms. The highest BCUT2D eigenvalue weighted by Crippen LogP contribution is 2.46. The first kappa shape index (κ1) is 28.7. The fraction of sp³-hybridized carbons (Fsp3) is 0.314. The van der Waals surface area contributed by atoms with Gasteiger partial charge in [0, 0.05) is 18.0 Å². The van der Waals surface area contributed by atoms with E-state index in [1.165, 1.54) is 28.7 Å².